The number of piperidine rings is 1. The van der Waals surface area contributed by atoms with Crippen LogP contribution in [-0.4, -0.2) is 42.1 Å². The van der Waals surface area contributed by atoms with Gasteiger partial charge in [-0.2, -0.15) is 0 Å². The van der Waals surface area contributed by atoms with Gasteiger partial charge in [0.15, 0.2) is 0 Å². The lowest BCUT2D eigenvalue weighted by molar-refractivity contribution is -0.118. The van der Waals surface area contributed by atoms with E-state index in [4.69, 9.17) is 4.74 Å². The summed E-state index contributed by atoms with van der Waals surface area (Å²) < 4.78 is 20.6. The van der Waals surface area contributed by atoms with Crippen molar-refractivity contribution < 1.29 is 13.9 Å². The molecule has 2 fully saturated rings. The SMILES string of the molecule is Cc1c(-c2cc3cc(NC(=O)C4[C@H]5CNC[C@@H]45)ncc3cc2F)cnc2c1NCCO2. The van der Waals surface area contributed by atoms with Crippen LogP contribution in [0.5, 0.6) is 5.88 Å². The van der Waals surface area contributed by atoms with Crippen molar-refractivity contribution in [2.75, 3.05) is 36.9 Å². The first-order valence-corrected chi connectivity index (χ1v) is 10.6. The molecule has 31 heavy (non-hydrogen) atoms. The van der Waals surface area contributed by atoms with Gasteiger partial charge in [0.1, 0.15) is 23.9 Å². The lowest BCUT2D eigenvalue weighted by Gasteiger charge is -2.21. The van der Waals surface area contributed by atoms with Crippen molar-refractivity contribution in [1.29, 1.82) is 0 Å². The number of amides is 1. The van der Waals surface area contributed by atoms with Crippen molar-refractivity contribution in [3.63, 3.8) is 0 Å². The number of halogens is 1. The van der Waals surface area contributed by atoms with Gasteiger partial charge in [-0.15, -0.1) is 0 Å². The van der Waals surface area contributed by atoms with E-state index in [1.807, 2.05) is 6.92 Å². The summed E-state index contributed by atoms with van der Waals surface area (Å²) in [5.74, 6) is 1.67. The van der Waals surface area contributed by atoms with E-state index in [1.165, 1.54) is 6.07 Å². The second-order valence-corrected chi connectivity index (χ2v) is 8.50. The fraction of sp³-hybridized carbons (Fsp3) is 0.348. The summed E-state index contributed by atoms with van der Waals surface area (Å²) in [7, 11) is 0. The molecule has 1 amide bonds. The number of fused-ring (bicyclic) bond motifs is 3. The fourth-order valence-electron chi connectivity index (χ4n) is 4.95. The maximum Gasteiger partial charge on any atom is 0.237 e. The molecular weight excluding hydrogens is 397 g/mol. The Balaban J connectivity index is 1.34. The summed E-state index contributed by atoms with van der Waals surface area (Å²) in [5.41, 5.74) is 2.85. The van der Waals surface area contributed by atoms with Crippen LogP contribution in [-0.2, 0) is 4.79 Å². The summed E-state index contributed by atoms with van der Waals surface area (Å²) in [4.78, 5) is 21.3. The molecule has 6 rings (SSSR count). The monoisotopic (exact) mass is 419 g/mol. The second kappa shape index (κ2) is 6.88. The van der Waals surface area contributed by atoms with Gasteiger partial charge in [0.25, 0.3) is 0 Å². The van der Waals surface area contributed by atoms with E-state index in [2.05, 4.69) is 25.9 Å². The molecule has 3 aliphatic rings. The Bertz CT molecular complexity index is 1220. The van der Waals surface area contributed by atoms with Crippen molar-refractivity contribution >= 4 is 28.2 Å². The van der Waals surface area contributed by atoms with Crippen molar-refractivity contribution in [2.45, 2.75) is 6.92 Å². The van der Waals surface area contributed by atoms with Gasteiger partial charge in [0.2, 0.25) is 11.8 Å². The maximum atomic E-state index is 15.0. The Morgan fingerprint density at radius 1 is 1.13 bits per heavy atom. The van der Waals surface area contributed by atoms with E-state index >= 15 is 0 Å². The van der Waals surface area contributed by atoms with E-state index in [1.54, 1.807) is 24.5 Å². The maximum absolute atomic E-state index is 15.0. The molecule has 2 aliphatic heterocycles. The summed E-state index contributed by atoms with van der Waals surface area (Å²) in [6, 6.07) is 5.07. The average Bonchev–Trinajstić information content (AvgIpc) is 3.26. The van der Waals surface area contributed by atoms with E-state index < -0.39 is 0 Å². The Morgan fingerprint density at radius 3 is 2.81 bits per heavy atom. The number of hydrogen-bond donors (Lipinski definition) is 3. The lowest BCUT2D eigenvalue weighted by Crippen LogP contribution is -2.23. The third kappa shape index (κ3) is 3.01. The predicted octanol–water partition coefficient (Wildman–Crippen LogP) is 2.95. The molecule has 3 atom stereocenters. The van der Waals surface area contributed by atoms with Crippen LogP contribution in [0.1, 0.15) is 5.56 Å². The summed E-state index contributed by atoms with van der Waals surface area (Å²) >= 11 is 0. The van der Waals surface area contributed by atoms with Crippen molar-refractivity contribution in [2.24, 2.45) is 17.8 Å². The Morgan fingerprint density at radius 2 is 1.97 bits per heavy atom. The first kappa shape index (κ1) is 18.5. The molecule has 3 N–H and O–H groups in total. The van der Waals surface area contributed by atoms with Gasteiger partial charge in [-0.25, -0.2) is 14.4 Å². The smallest absolute Gasteiger partial charge is 0.237 e. The molecule has 0 spiro atoms. The van der Waals surface area contributed by atoms with E-state index in [0.717, 1.165) is 29.7 Å². The molecule has 0 bridgehead atoms. The van der Waals surface area contributed by atoms with Gasteiger partial charge in [-0.05, 0) is 61.0 Å². The molecule has 1 saturated heterocycles. The molecule has 4 heterocycles. The van der Waals surface area contributed by atoms with Crippen LogP contribution >= 0.6 is 0 Å². The van der Waals surface area contributed by atoms with Crippen molar-refractivity contribution in [3.8, 4) is 17.0 Å². The predicted molar refractivity (Wildman–Crippen MR) is 116 cm³/mol. The standard InChI is InChI=1S/C23H22FN5O2/c1-11-15(10-28-23-21(11)26-2-3-31-23)14-4-12-6-19(27-7-13(12)5-18(14)24)29-22(30)20-16-8-25-9-17(16)20/h4-7,10,16-17,20,25-26H,2-3,8-9H2,1H3,(H,27,29,30)/t16-,17+,20?. The zero-order chi connectivity index (χ0) is 21.1. The van der Waals surface area contributed by atoms with Gasteiger partial charge in [0, 0.05) is 41.4 Å². The Kier molecular flexibility index (Phi) is 4.11. The number of carbonyl (C=O) groups is 1. The number of anilines is 2. The minimum Gasteiger partial charge on any atom is -0.474 e. The van der Waals surface area contributed by atoms with Gasteiger partial charge < -0.3 is 20.7 Å². The van der Waals surface area contributed by atoms with Gasteiger partial charge >= 0.3 is 0 Å². The number of nitrogens with zero attached hydrogens (tertiary/aromatic N) is 2. The summed E-state index contributed by atoms with van der Waals surface area (Å²) in [5, 5.41) is 11.0. The molecule has 1 aliphatic carbocycles. The molecule has 1 unspecified atom stereocenters. The Hall–Kier alpha value is -3.26. The topological polar surface area (TPSA) is 88.2 Å². The van der Waals surface area contributed by atoms with Crippen molar-refractivity contribution in [3.05, 3.63) is 42.0 Å². The highest BCUT2D eigenvalue weighted by Gasteiger charge is 2.56. The number of aromatic nitrogens is 2. The molecule has 7 nitrogen and oxygen atoms in total. The average molecular weight is 419 g/mol. The summed E-state index contributed by atoms with van der Waals surface area (Å²) in [6.45, 7) is 4.99. The van der Waals surface area contributed by atoms with Crippen LogP contribution < -0.4 is 20.7 Å². The molecule has 2 aromatic heterocycles. The first-order chi connectivity index (χ1) is 15.1. The fourth-order valence-corrected chi connectivity index (χ4v) is 4.95. The van der Waals surface area contributed by atoms with Crippen LogP contribution in [0, 0.1) is 30.5 Å². The van der Waals surface area contributed by atoms with Crippen LogP contribution in [0.4, 0.5) is 15.9 Å². The molecule has 1 aromatic carbocycles. The van der Waals surface area contributed by atoms with Gasteiger partial charge in [0.05, 0.1) is 0 Å². The molecule has 0 radical (unpaired) electrons. The lowest BCUT2D eigenvalue weighted by atomic mass is 9.98. The molecular formula is C23H22FN5O2. The van der Waals surface area contributed by atoms with E-state index in [9.17, 15) is 9.18 Å². The minimum absolute atomic E-state index is 0.0199. The zero-order valence-corrected chi connectivity index (χ0v) is 17.0. The third-order valence-corrected chi connectivity index (χ3v) is 6.69. The molecule has 3 aromatic rings. The van der Waals surface area contributed by atoms with E-state index in [0.29, 0.717) is 53.2 Å². The van der Waals surface area contributed by atoms with Crippen LogP contribution in [0.3, 0.4) is 0 Å². The van der Waals surface area contributed by atoms with Crippen LogP contribution in [0.25, 0.3) is 21.9 Å². The van der Waals surface area contributed by atoms with E-state index in [-0.39, 0.29) is 17.6 Å². The van der Waals surface area contributed by atoms with Crippen LogP contribution in [0.2, 0.25) is 0 Å². The molecule has 1 saturated carbocycles. The number of pyridine rings is 2. The number of nitrogens with one attached hydrogen (secondary N) is 3. The largest absolute Gasteiger partial charge is 0.474 e. The van der Waals surface area contributed by atoms with Crippen molar-refractivity contribution in [1.82, 2.24) is 15.3 Å². The summed E-state index contributed by atoms with van der Waals surface area (Å²) in [6.07, 6.45) is 3.25. The second-order valence-electron chi connectivity index (χ2n) is 8.50. The van der Waals surface area contributed by atoms with Gasteiger partial charge in [-0.1, -0.05) is 0 Å². The third-order valence-electron chi connectivity index (χ3n) is 6.69. The number of benzene rings is 1. The number of carbonyl (C=O) groups excluding carboxylic acids is 1. The number of rotatable bonds is 3. The zero-order valence-electron chi connectivity index (χ0n) is 17.0. The highest BCUT2D eigenvalue weighted by atomic mass is 19.1. The molecule has 8 heteroatoms. The number of ether oxygens (including phenoxy) is 1. The van der Waals surface area contributed by atoms with Crippen LogP contribution in [0.15, 0.2) is 30.6 Å². The first-order valence-electron chi connectivity index (χ1n) is 10.6. The Labute approximate surface area is 178 Å². The normalized spacial score (nSPS) is 23.5. The van der Waals surface area contributed by atoms with Gasteiger partial charge in [-0.3, -0.25) is 4.79 Å². The molecule has 158 valence electrons. The number of hydrogen-bond acceptors (Lipinski definition) is 6. The minimum atomic E-state index is -0.342. The quantitative estimate of drug-likeness (QED) is 0.605. The highest BCUT2D eigenvalue weighted by Crippen LogP contribution is 2.49. The highest BCUT2D eigenvalue weighted by molar-refractivity contribution is 5.97.